The summed E-state index contributed by atoms with van der Waals surface area (Å²) in [7, 11) is 0. The molecule has 36 heavy (non-hydrogen) atoms. The number of imidazole rings is 1. The topological polar surface area (TPSA) is 67.2 Å². The third-order valence-corrected chi connectivity index (χ3v) is 6.70. The Balaban J connectivity index is 1.29. The number of halogens is 1. The lowest BCUT2D eigenvalue weighted by Gasteiger charge is -2.20. The van der Waals surface area contributed by atoms with Crippen LogP contribution < -0.4 is 5.32 Å². The van der Waals surface area contributed by atoms with E-state index in [0.29, 0.717) is 17.7 Å². The molecule has 1 N–H and O–H groups in total. The number of likely N-dealkylation sites (tertiary alicyclic amines) is 1. The molecule has 4 aromatic rings. The van der Waals surface area contributed by atoms with Gasteiger partial charge < -0.3 is 10.2 Å². The van der Waals surface area contributed by atoms with Crippen molar-refractivity contribution in [2.75, 3.05) is 18.4 Å². The predicted octanol–water partition coefficient (Wildman–Crippen LogP) is 5.67. The van der Waals surface area contributed by atoms with Gasteiger partial charge in [-0.3, -0.25) is 14.2 Å². The van der Waals surface area contributed by atoms with Crippen LogP contribution in [-0.4, -0.2) is 39.4 Å². The zero-order chi connectivity index (χ0) is 25.1. The second-order valence-corrected chi connectivity index (χ2v) is 9.30. The van der Waals surface area contributed by atoms with Gasteiger partial charge in [0, 0.05) is 30.0 Å². The molecular weight excluding hydrogens is 455 g/mol. The molecule has 184 valence electrons. The van der Waals surface area contributed by atoms with E-state index in [1.54, 1.807) is 24.3 Å². The molecule has 5 rings (SSSR count). The van der Waals surface area contributed by atoms with E-state index in [4.69, 9.17) is 0 Å². The van der Waals surface area contributed by atoms with Crippen LogP contribution >= 0.6 is 0 Å². The second-order valence-electron chi connectivity index (χ2n) is 9.30. The van der Waals surface area contributed by atoms with Crippen LogP contribution in [-0.2, 0) is 11.2 Å². The van der Waals surface area contributed by atoms with Crippen molar-refractivity contribution in [3.05, 3.63) is 89.5 Å². The summed E-state index contributed by atoms with van der Waals surface area (Å²) in [5.74, 6) is 0.363. The number of aromatic nitrogens is 2. The Morgan fingerprint density at radius 1 is 0.917 bits per heavy atom. The lowest BCUT2D eigenvalue weighted by atomic mass is 10.1. The zero-order valence-corrected chi connectivity index (χ0v) is 20.3. The smallest absolute Gasteiger partial charge is 0.255 e. The molecule has 0 unspecified atom stereocenters. The first-order valence-corrected chi connectivity index (χ1v) is 12.4. The zero-order valence-electron chi connectivity index (χ0n) is 20.3. The number of aryl methyl sites for hydroxylation is 1. The fourth-order valence-corrected chi connectivity index (χ4v) is 4.77. The average Bonchev–Trinajstić information content (AvgIpc) is 3.03. The molecule has 0 bridgehead atoms. The molecule has 0 atom stereocenters. The van der Waals surface area contributed by atoms with E-state index in [-0.39, 0.29) is 17.6 Å². The molecule has 1 saturated heterocycles. The maximum Gasteiger partial charge on any atom is 0.255 e. The van der Waals surface area contributed by atoms with Crippen molar-refractivity contribution in [1.29, 1.82) is 0 Å². The molecule has 1 aromatic heterocycles. The number of anilines is 1. The van der Waals surface area contributed by atoms with Gasteiger partial charge in [0.2, 0.25) is 5.91 Å². The van der Waals surface area contributed by atoms with Gasteiger partial charge >= 0.3 is 0 Å². The Morgan fingerprint density at radius 2 is 1.61 bits per heavy atom. The molecule has 2 amide bonds. The average molecular weight is 485 g/mol. The molecule has 3 aromatic carbocycles. The van der Waals surface area contributed by atoms with Gasteiger partial charge in [0.05, 0.1) is 17.5 Å². The van der Waals surface area contributed by atoms with Crippen molar-refractivity contribution in [2.24, 2.45) is 0 Å². The van der Waals surface area contributed by atoms with Crippen molar-refractivity contribution < 1.29 is 14.0 Å². The molecule has 1 aliphatic rings. The van der Waals surface area contributed by atoms with Gasteiger partial charge in [-0.15, -0.1) is 0 Å². The lowest BCUT2D eigenvalue weighted by Crippen LogP contribution is -2.33. The number of carbonyl (C=O) groups excluding carboxylic acids is 2. The highest BCUT2D eigenvalue weighted by Gasteiger charge is 2.16. The van der Waals surface area contributed by atoms with Gasteiger partial charge in [0.1, 0.15) is 11.6 Å². The highest BCUT2D eigenvalue weighted by molar-refractivity contribution is 6.06. The summed E-state index contributed by atoms with van der Waals surface area (Å²) in [5.41, 5.74) is 4.39. The number of hydrogen-bond donors (Lipinski definition) is 1. The standard InChI is InChI=1S/C29H29FN4O2/c1-20-31-26-15-8-22(19-27(26)34(20)25-13-9-23(30)10-14-25)29(36)32-24-11-6-21(7-12-24)18-28(35)33-16-4-2-3-5-17-33/h6-15,19H,2-5,16-18H2,1H3,(H,32,36). The van der Waals surface area contributed by atoms with Gasteiger partial charge in [0.15, 0.2) is 0 Å². The van der Waals surface area contributed by atoms with Gasteiger partial charge in [-0.25, -0.2) is 9.37 Å². The molecule has 6 nitrogen and oxygen atoms in total. The number of carbonyl (C=O) groups is 2. The summed E-state index contributed by atoms with van der Waals surface area (Å²) in [6.45, 7) is 3.57. The number of hydrogen-bond acceptors (Lipinski definition) is 3. The normalized spacial score (nSPS) is 14.0. The molecule has 0 aliphatic carbocycles. The van der Waals surface area contributed by atoms with Crippen molar-refractivity contribution in [2.45, 2.75) is 39.0 Å². The molecule has 1 aliphatic heterocycles. The van der Waals surface area contributed by atoms with E-state index >= 15 is 0 Å². The minimum Gasteiger partial charge on any atom is -0.342 e. The number of nitrogens with zero attached hydrogens (tertiary/aromatic N) is 3. The van der Waals surface area contributed by atoms with E-state index in [9.17, 15) is 14.0 Å². The Hall–Kier alpha value is -4.00. The van der Waals surface area contributed by atoms with E-state index in [0.717, 1.165) is 54.0 Å². The highest BCUT2D eigenvalue weighted by Crippen LogP contribution is 2.23. The molecular formula is C29H29FN4O2. The van der Waals surface area contributed by atoms with Crippen LogP contribution in [0.15, 0.2) is 66.7 Å². The summed E-state index contributed by atoms with van der Waals surface area (Å²) in [4.78, 5) is 32.2. The third kappa shape index (κ3) is 5.15. The number of nitrogens with one attached hydrogen (secondary N) is 1. The fraction of sp³-hybridized carbons (Fsp3) is 0.276. The molecule has 0 spiro atoms. The summed E-state index contributed by atoms with van der Waals surface area (Å²) < 4.78 is 15.3. The van der Waals surface area contributed by atoms with E-state index in [2.05, 4.69) is 10.3 Å². The molecule has 0 saturated carbocycles. The number of amides is 2. The van der Waals surface area contributed by atoms with E-state index in [1.807, 2.05) is 46.7 Å². The van der Waals surface area contributed by atoms with Crippen LogP contribution in [0.4, 0.5) is 10.1 Å². The van der Waals surface area contributed by atoms with Crippen molar-refractivity contribution in [1.82, 2.24) is 14.5 Å². The van der Waals surface area contributed by atoms with Gasteiger partial charge in [-0.05, 0) is 79.9 Å². The first kappa shape index (κ1) is 23.7. The summed E-state index contributed by atoms with van der Waals surface area (Å²) >= 11 is 0. The van der Waals surface area contributed by atoms with Crippen molar-refractivity contribution in [3.63, 3.8) is 0 Å². The van der Waals surface area contributed by atoms with Crippen LogP contribution in [0, 0.1) is 12.7 Å². The van der Waals surface area contributed by atoms with Gasteiger partial charge in [0.25, 0.3) is 5.91 Å². The summed E-state index contributed by atoms with van der Waals surface area (Å²) in [6, 6.07) is 19.0. The molecule has 1 fully saturated rings. The van der Waals surface area contributed by atoms with E-state index < -0.39 is 0 Å². The predicted molar refractivity (Wildman–Crippen MR) is 139 cm³/mol. The summed E-state index contributed by atoms with van der Waals surface area (Å²) in [6.07, 6.45) is 4.91. The second kappa shape index (κ2) is 10.3. The van der Waals surface area contributed by atoms with Crippen LogP contribution in [0.1, 0.15) is 47.4 Å². The quantitative estimate of drug-likeness (QED) is 0.397. The van der Waals surface area contributed by atoms with Gasteiger partial charge in [-0.2, -0.15) is 0 Å². The lowest BCUT2D eigenvalue weighted by molar-refractivity contribution is -0.130. The van der Waals surface area contributed by atoms with Crippen molar-refractivity contribution >= 4 is 28.5 Å². The maximum atomic E-state index is 13.4. The monoisotopic (exact) mass is 484 g/mol. The Morgan fingerprint density at radius 3 is 2.31 bits per heavy atom. The Kier molecular flexibility index (Phi) is 6.80. The van der Waals surface area contributed by atoms with Crippen molar-refractivity contribution in [3.8, 4) is 5.69 Å². The van der Waals surface area contributed by atoms with Crippen LogP contribution in [0.2, 0.25) is 0 Å². The first-order chi connectivity index (χ1) is 17.5. The fourth-order valence-electron chi connectivity index (χ4n) is 4.77. The minimum atomic E-state index is -0.307. The molecule has 2 heterocycles. The Labute approximate surface area is 209 Å². The number of benzene rings is 3. The minimum absolute atomic E-state index is 0.162. The van der Waals surface area contributed by atoms with Crippen LogP contribution in [0.25, 0.3) is 16.7 Å². The molecule has 7 heteroatoms. The molecule has 0 radical (unpaired) electrons. The number of rotatable bonds is 5. The van der Waals surface area contributed by atoms with Gasteiger partial charge in [-0.1, -0.05) is 25.0 Å². The van der Waals surface area contributed by atoms with E-state index in [1.165, 1.54) is 25.0 Å². The largest absolute Gasteiger partial charge is 0.342 e. The summed E-state index contributed by atoms with van der Waals surface area (Å²) in [5, 5.41) is 2.94. The first-order valence-electron chi connectivity index (χ1n) is 12.4. The third-order valence-electron chi connectivity index (χ3n) is 6.70. The number of fused-ring (bicyclic) bond motifs is 1. The van der Waals surface area contributed by atoms with Crippen LogP contribution in [0.5, 0.6) is 0 Å². The van der Waals surface area contributed by atoms with Crippen LogP contribution in [0.3, 0.4) is 0 Å². The SMILES string of the molecule is Cc1nc2ccc(C(=O)Nc3ccc(CC(=O)N4CCCCCC4)cc3)cc2n1-c1ccc(F)cc1. The highest BCUT2D eigenvalue weighted by atomic mass is 19.1. The maximum absolute atomic E-state index is 13.4. The Bertz CT molecular complexity index is 1390.